The fourth-order valence-electron chi connectivity index (χ4n) is 2.16. The summed E-state index contributed by atoms with van der Waals surface area (Å²) in [6.07, 6.45) is 2.15. The van der Waals surface area contributed by atoms with Crippen molar-refractivity contribution in [2.45, 2.75) is 18.9 Å². The molecule has 3 nitrogen and oxygen atoms in total. The highest BCUT2D eigenvalue weighted by Crippen LogP contribution is 2.22. The summed E-state index contributed by atoms with van der Waals surface area (Å²) in [6.45, 7) is 1.70. The first-order valence-corrected chi connectivity index (χ1v) is 6.30. The van der Waals surface area contributed by atoms with Crippen LogP contribution in [0.5, 0.6) is 0 Å². The Morgan fingerprint density at radius 2 is 2.12 bits per heavy atom. The molecule has 0 aromatic heterocycles. The lowest BCUT2D eigenvalue weighted by atomic mass is 10.1. The van der Waals surface area contributed by atoms with Crippen molar-refractivity contribution < 1.29 is 4.74 Å². The molecule has 92 valence electrons. The van der Waals surface area contributed by atoms with Gasteiger partial charge in [-0.2, -0.15) is 0 Å². The van der Waals surface area contributed by atoms with Gasteiger partial charge < -0.3 is 15.4 Å². The van der Waals surface area contributed by atoms with Gasteiger partial charge in [0.2, 0.25) is 0 Å². The first-order valence-electron chi connectivity index (χ1n) is 5.89. The van der Waals surface area contributed by atoms with E-state index in [9.17, 15) is 0 Å². The van der Waals surface area contributed by atoms with E-state index in [0.29, 0.717) is 11.0 Å². The van der Waals surface area contributed by atoms with Gasteiger partial charge in [-0.1, -0.05) is 24.4 Å². The first kappa shape index (κ1) is 12.3. The molecule has 4 heteroatoms. The zero-order chi connectivity index (χ0) is 12.3. The Morgan fingerprint density at radius 3 is 2.76 bits per heavy atom. The van der Waals surface area contributed by atoms with Gasteiger partial charge in [0.1, 0.15) is 4.99 Å². The lowest BCUT2D eigenvalue weighted by Crippen LogP contribution is -2.36. The van der Waals surface area contributed by atoms with Crippen LogP contribution >= 0.6 is 12.2 Å². The lowest BCUT2D eigenvalue weighted by Gasteiger charge is -2.33. The Hall–Kier alpha value is -1.13. The van der Waals surface area contributed by atoms with Crippen LogP contribution in [0.25, 0.3) is 0 Å². The van der Waals surface area contributed by atoms with E-state index < -0.39 is 0 Å². The second-order valence-corrected chi connectivity index (χ2v) is 4.81. The van der Waals surface area contributed by atoms with Crippen molar-refractivity contribution in [3.05, 3.63) is 29.8 Å². The van der Waals surface area contributed by atoms with Crippen LogP contribution in [0.1, 0.15) is 18.4 Å². The number of hydrogen-bond acceptors (Lipinski definition) is 3. The summed E-state index contributed by atoms with van der Waals surface area (Å²) in [4.78, 5) is 2.75. The monoisotopic (exact) mass is 250 g/mol. The summed E-state index contributed by atoms with van der Waals surface area (Å²) in [7, 11) is 2.12. The van der Waals surface area contributed by atoms with E-state index in [4.69, 9.17) is 22.7 Å². The van der Waals surface area contributed by atoms with Gasteiger partial charge in [-0.05, 0) is 25.0 Å². The van der Waals surface area contributed by atoms with Gasteiger partial charge in [0, 0.05) is 37.6 Å². The standard InChI is InChI=1S/C13H18N2OS/c1-15(11-5-7-16-8-6-11)12-4-2-3-10(9-12)13(14)17/h2-4,9,11H,5-8H2,1H3,(H2,14,17). The average Bonchev–Trinajstić information content (AvgIpc) is 2.39. The molecule has 1 aromatic rings. The molecule has 0 atom stereocenters. The van der Waals surface area contributed by atoms with Crippen LogP contribution in [0.2, 0.25) is 0 Å². The fraction of sp³-hybridized carbons (Fsp3) is 0.462. The van der Waals surface area contributed by atoms with Crippen molar-refractivity contribution >= 4 is 22.9 Å². The quantitative estimate of drug-likeness (QED) is 0.832. The molecule has 2 rings (SSSR count). The van der Waals surface area contributed by atoms with Crippen molar-refractivity contribution in [2.75, 3.05) is 25.2 Å². The van der Waals surface area contributed by atoms with Crippen LogP contribution in [-0.4, -0.2) is 31.3 Å². The molecule has 0 radical (unpaired) electrons. The number of nitrogens with two attached hydrogens (primary N) is 1. The molecule has 1 saturated heterocycles. The fourth-order valence-corrected chi connectivity index (χ4v) is 2.29. The molecule has 1 aliphatic rings. The number of nitrogens with zero attached hydrogens (tertiary/aromatic N) is 1. The molecule has 0 unspecified atom stereocenters. The molecule has 1 aliphatic heterocycles. The normalized spacial score (nSPS) is 16.8. The predicted molar refractivity (Wildman–Crippen MR) is 74.6 cm³/mol. The van der Waals surface area contributed by atoms with Crippen molar-refractivity contribution in [1.29, 1.82) is 0 Å². The van der Waals surface area contributed by atoms with Gasteiger partial charge in [0.05, 0.1) is 0 Å². The molecule has 0 saturated carbocycles. The zero-order valence-electron chi connectivity index (χ0n) is 10.1. The molecule has 0 bridgehead atoms. The number of benzene rings is 1. The van der Waals surface area contributed by atoms with Crippen LogP contribution < -0.4 is 10.6 Å². The van der Waals surface area contributed by atoms with Crippen molar-refractivity contribution in [3.63, 3.8) is 0 Å². The number of rotatable bonds is 3. The van der Waals surface area contributed by atoms with Gasteiger partial charge in [0.15, 0.2) is 0 Å². The number of ether oxygens (including phenoxy) is 1. The Balaban J connectivity index is 2.14. The highest BCUT2D eigenvalue weighted by molar-refractivity contribution is 7.80. The maximum Gasteiger partial charge on any atom is 0.104 e. The molecule has 1 heterocycles. The van der Waals surface area contributed by atoms with Crippen LogP contribution in [-0.2, 0) is 4.74 Å². The number of thiocarbonyl (C=S) groups is 1. The molecule has 17 heavy (non-hydrogen) atoms. The number of hydrogen-bond donors (Lipinski definition) is 1. The van der Waals surface area contributed by atoms with E-state index in [1.807, 2.05) is 12.1 Å². The highest BCUT2D eigenvalue weighted by atomic mass is 32.1. The highest BCUT2D eigenvalue weighted by Gasteiger charge is 2.18. The third kappa shape index (κ3) is 2.96. The maximum absolute atomic E-state index is 5.65. The van der Waals surface area contributed by atoms with E-state index in [0.717, 1.165) is 31.6 Å². The second kappa shape index (κ2) is 5.47. The molecule has 0 amide bonds. The Bertz CT molecular complexity index is 402. The molecule has 1 aromatic carbocycles. The minimum absolute atomic E-state index is 0.451. The van der Waals surface area contributed by atoms with E-state index in [1.165, 1.54) is 5.69 Å². The van der Waals surface area contributed by atoms with Crippen LogP contribution in [0.15, 0.2) is 24.3 Å². The third-order valence-electron chi connectivity index (χ3n) is 3.28. The summed E-state index contributed by atoms with van der Waals surface area (Å²) >= 11 is 5.00. The van der Waals surface area contributed by atoms with Crippen LogP contribution in [0, 0.1) is 0 Å². The van der Waals surface area contributed by atoms with E-state index in [-0.39, 0.29) is 0 Å². The summed E-state index contributed by atoms with van der Waals surface area (Å²) in [6, 6.07) is 8.64. The topological polar surface area (TPSA) is 38.5 Å². The van der Waals surface area contributed by atoms with Crippen molar-refractivity contribution in [2.24, 2.45) is 5.73 Å². The Kier molecular flexibility index (Phi) is 3.97. The zero-order valence-corrected chi connectivity index (χ0v) is 10.9. The molecule has 0 spiro atoms. The van der Waals surface area contributed by atoms with Crippen LogP contribution in [0.4, 0.5) is 5.69 Å². The van der Waals surface area contributed by atoms with Gasteiger partial charge >= 0.3 is 0 Å². The predicted octanol–water partition coefficient (Wildman–Crippen LogP) is 1.94. The van der Waals surface area contributed by atoms with Crippen molar-refractivity contribution in [3.8, 4) is 0 Å². The summed E-state index contributed by atoms with van der Waals surface area (Å²) in [5.74, 6) is 0. The Labute approximate surface area is 108 Å². The summed E-state index contributed by atoms with van der Waals surface area (Å²) < 4.78 is 5.38. The third-order valence-corrected chi connectivity index (χ3v) is 3.51. The van der Waals surface area contributed by atoms with Gasteiger partial charge in [-0.15, -0.1) is 0 Å². The van der Waals surface area contributed by atoms with Crippen LogP contribution in [0.3, 0.4) is 0 Å². The van der Waals surface area contributed by atoms with Crippen molar-refractivity contribution in [1.82, 2.24) is 0 Å². The largest absolute Gasteiger partial charge is 0.389 e. The van der Waals surface area contributed by atoms with Gasteiger partial charge in [-0.3, -0.25) is 0 Å². The van der Waals surface area contributed by atoms with E-state index >= 15 is 0 Å². The molecule has 2 N–H and O–H groups in total. The van der Waals surface area contributed by atoms with E-state index in [1.54, 1.807) is 0 Å². The minimum atomic E-state index is 0.451. The van der Waals surface area contributed by atoms with Gasteiger partial charge in [0.25, 0.3) is 0 Å². The second-order valence-electron chi connectivity index (χ2n) is 4.37. The van der Waals surface area contributed by atoms with Gasteiger partial charge in [-0.25, -0.2) is 0 Å². The minimum Gasteiger partial charge on any atom is -0.389 e. The molecule has 0 aliphatic carbocycles. The SMILES string of the molecule is CN(c1cccc(C(N)=S)c1)C1CCOCC1. The maximum atomic E-state index is 5.65. The number of anilines is 1. The lowest BCUT2D eigenvalue weighted by molar-refractivity contribution is 0.0855. The molecule has 1 fully saturated rings. The Morgan fingerprint density at radius 1 is 1.41 bits per heavy atom. The molecular formula is C13H18N2OS. The summed E-state index contributed by atoms with van der Waals surface area (Å²) in [5.41, 5.74) is 7.75. The summed E-state index contributed by atoms with van der Waals surface area (Å²) in [5, 5.41) is 0. The molecular weight excluding hydrogens is 232 g/mol. The van der Waals surface area contributed by atoms with E-state index in [2.05, 4.69) is 24.1 Å². The average molecular weight is 250 g/mol. The smallest absolute Gasteiger partial charge is 0.104 e. The first-order chi connectivity index (χ1) is 8.18.